The number of halogens is 4. The molecular formula is C15H13Br2F2N. The first-order chi connectivity index (χ1) is 9.51. The molecule has 0 bridgehead atoms. The molecule has 0 amide bonds. The van der Waals surface area contributed by atoms with Crippen molar-refractivity contribution in [2.24, 2.45) is 0 Å². The standard InChI is InChI=1S/C15H13Br2F2N/c1-20-15(12-5-4-11(19)8-14(12)17)6-9-2-3-10(18)7-13(9)16/h2-5,7-8,15,20H,6H2,1H3. The molecule has 2 rings (SSSR count). The van der Waals surface area contributed by atoms with E-state index in [1.807, 2.05) is 7.05 Å². The van der Waals surface area contributed by atoms with Gasteiger partial charge in [0.05, 0.1) is 0 Å². The molecule has 1 atom stereocenters. The lowest BCUT2D eigenvalue weighted by Crippen LogP contribution is -2.19. The lowest BCUT2D eigenvalue weighted by atomic mass is 9.99. The van der Waals surface area contributed by atoms with Gasteiger partial charge in [-0.1, -0.05) is 44.0 Å². The van der Waals surface area contributed by atoms with E-state index in [2.05, 4.69) is 37.2 Å². The zero-order valence-corrected chi connectivity index (χ0v) is 13.9. The zero-order valence-electron chi connectivity index (χ0n) is 10.8. The van der Waals surface area contributed by atoms with Gasteiger partial charge in [0, 0.05) is 15.0 Å². The maximum absolute atomic E-state index is 13.2. The van der Waals surface area contributed by atoms with E-state index in [4.69, 9.17) is 0 Å². The Morgan fingerprint density at radius 2 is 1.60 bits per heavy atom. The highest BCUT2D eigenvalue weighted by Gasteiger charge is 2.15. The minimum absolute atomic E-state index is 0.00624. The molecule has 0 heterocycles. The summed E-state index contributed by atoms with van der Waals surface area (Å²) in [6.07, 6.45) is 0.668. The van der Waals surface area contributed by atoms with Gasteiger partial charge in [-0.2, -0.15) is 0 Å². The first-order valence-electron chi connectivity index (χ1n) is 6.07. The van der Waals surface area contributed by atoms with Crippen LogP contribution in [0.3, 0.4) is 0 Å². The topological polar surface area (TPSA) is 12.0 Å². The Morgan fingerprint density at radius 3 is 2.15 bits per heavy atom. The molecule has 1 nitrogen and oxygen atoms in total. The smallest absolute Gasteiger partial charge is 0.124 e. The third-order valence-electron chi connectivity index (χ3n) is 3.13. The first-order valence-corrected chi connectivity index (χ1v) is 7.66. The Hall–Kier alpha value is -0.780. The van der Waals surface area contributed by atoms with Crippen molar-refractivity contribution in [1.82, 2.24) is 5.32 Å². The van der Waals surface area contributed by atoms with Crippen molar-refractivity contribution in [3.8, 4) is 0 Å². The fourth-order valence-corrected chi connectivity index (χ4v) is 3.20. The highest BCUT2D eigenvalue weighted by atomic mass is 79.9. The van der Waals surface area contributed by atoms with Gasteiger partial charge in [0.2, 0.25) is 0 Å². The molecule has 0 saturated heterocycles. The van der Waals surface area contributed by atoms with Crippen LogP contribution in [0.25, 0.3) is 0 Å². The van der Waals surface area contributed by atoms with Crippen molar-refractivity contribution >= 4 is 31.9 Å². The summed E-state index contributed by atoms with van der Waals surface area (Å²) in [6.45, 7) is 0. The van der Waals surface area contributed by atoms with E-state index < -0.39 is 0 Å². The molecule has 0 spiro atoms. The van der Waals surface area contributed by atoms with Crippen molar-refractivity contribution in [3.63, 3.8) is 0 Å². The lowest BCUT2D eigenvalue weighted by Gasteiger charge is -2.19. The molecule has 0 aliphatic heterocycles. The van der Waals surface area contributed by atoms with Crippen LogP contribution in [-0.4, -0.2) is 7.05 Å². The molecule has 106 valence electrons. The van der Waals surface area contributed by atoms with Gasteiger partial charge in [-0.3, -0.25) is 0 Å². The highest BCUT2D eigenvalue weighted by Crippen LogP contribution is 2.29. The fourth-order valence-electron chi connectivity index (χ4n) is 2.06. The molecule has 1 unspecified atom stereocenters. The predicted octanol–water partition coefficient (Wildman–Crippen LogP) is 4.99. The van der Waals surface area contributed by atoms with Gasteiger partial charge >= 0.3 is 0 Å². The summed E-state index contributed by atoms with van der Waals surface area (Å²) in [5, 5.41) is 3.20. The fraction of sp³-hybridized carbons (Fsp3) is 0.200. The molecule has 0 fully saturated rings. The molecule has 0 radical (unpaired) electrons. The van der Waals surface area contributed by atoms with Gasteiger partial charge in [-0.25, -0.2) is 8.78 Å². The summed E-state index contributed by atoms with van der Waals surface area (Å²) in [5.74, 6) is -0.553. The quantitative estimate of drug-likeness (QED) is 0.756. The van der Waals surface area contributed by atoms with Gasteiger partial charge in [0.1, 0.15) is 11.6 Å². The molecule has 20 heavy (non-hydrogen) atoms. The molecular weight excluding hydrogens is 392 g/mol. The van der Waals surface area contributed by atoms with Crippen LogP contribution < -0.4 is 5.32 Å². The van der Waals surface area contributed by atoms with Crippen LogP contribution >= 0.6 is 31.9 Å². The molecule has 5 heteroatoms. The van der Waals surface area contributed by atoms with Crippen molar-refractivity contribution in [1.29, 1.82) is 0 Å². The minimum atomic E-state index is -0.279. The lowest BCUT2D eigenvalue weighted by molar-refractivity contribution is 0.579. The second-order valence-electron chi connectivity index (χ2n) is 4.45. The Bertz CT molecular complexity index is 617. The number of rotatable bonds is 4. The second-order valence-corrected chi connectivity index (χ2v) is 6.16. The number of benzene rings is 2. The number of hydrogen-bond acceptors (Lipinski definition) is 1. The van der Waals surface area contributed by atoms with Gasteiger partial charge in [0.15, 0.2) is 0 Å². The molecule has 1 N–H and O–H groups in total. The summed E-state index contributed by atoms with van der Waals surface area (Å²) < 4.78 is 27.7. The molecule has 2 aromatic rings. The van der Waals surface area contributed by atoms with Crippen LogP contribution in [0.4, 0.5) is 8.78 Å². The predicted molar refractivity (Wildman–Crippen MR) is 83.7 cm³/mol. The number of nitrogens with one attached hydrogen (secondary N) is 1. The number of likely N-dealkylation sites (N-methyl/N-ethyl adjacent to an activating group) is 1. The van der Waals surface area contributed by atoms with Crippen LogP contribution in [0.1, 0.15) is 17.2 Å². The second kappa shape index (κ2) is 6.78. The van der Waals surface area contributed by atoms with Crippen molar-refractivity contribution in [2.45, 2.75) is 12.5 Å². The summed E-state index contributed by atoms with van der Waals surface area (Å²) >= 11 is 6.75. The summed E-state index contributed by atoms with van der Waals surface area (Å²) in [5.41, 5.74) is 1.95. The van der Waals surface area contributed by atoms with E-state index in [9.17, 15) is 8.78 Å². The average Bonchev–Trinajstić information content (AvgIpc) is 2.39. The summed E-state index contributed by atoms with van der Waals surface area (Å²) in [6, 6.07) is 9.27. The van der Waals surface area contributed by atoms with Crippen molar-refractivity contribution in [3.05, 3.63) is 68.1 Å². The van der Waals surface area contributed by atoms with Gasteiger partial charge < -0.3 is 5.32 Å². The molecule has 2 aromatic carbocycles. The van der Waals surface area contributed by atoms with Crippen molar-refractivity contribution < 1.29 is 8.78 Å². The third-order valence-corrected chi connectivity index (χ3v) is 4.55. The van der Waals surface area contributed by atoms with Gasteiger partial charge in [-0.05, 0) is 48.9 Å². The van der Waals surface area contributed by atoms with E-state index in [0.717, 1.165) is 20.1 Å². The first kappa shape index (κ1) is 15.6. The van der Waals surface area contributed by atoms with Crippen LogP contribution in [0.5, 0.6) is 0 Å². The molecule has 0 aliphatic rings. The molecule has 0 aliphatic carbocycles. The maximum Gasteiger partial charge on any atom is 0.124 e. The maximum atomic E-state index is 13.2. The monoisotopic (exact) mass is 403 g/mol. The Morgan fingerprint density at radius 1 is 1.00 bits per heavy atom. The van der Waals surface area contributed by atoms with Gasteiger partial charge in [-0.15, -0.1) is 0 Å². The number of hydrogen-bond donors (Lipinski definition) is 1. The van der Waals surface area contributed by atoms with Crippen LogP contribution in [0, 0.1) is 11.6 Å². The summed E-state index contributed by atoms with van der Waals surface area (Å²) in [7, 11) is 1.85. The van der Waals surface area contributed by atoms with Crippen LogP contribution in [0.2, 0.25) is 0 Å². The van der Waals surface area contributed by atoms with E-state index in [0.29, 0.717) is 6.42 Å². The SMILES string of the molecule is CNC(Cc1ccc(F)cc1Br)c1ccc(F)cc1Br. The van der Waals surface area contributed by atoms with E-state index in [1.54, 1.807) is 12.1 Å². The normalized spacial score (nSPS) is 12.4. The van der Waals surface area contributed by atoms with Gasteiger partial charge in [0.25, 0.3) is 0 Å². The molecule has 0 aromatic heterocycles. The Balaban J connectivity index is 2.28. The van der Waals surface area contributed by atoms with Crippen molar-refractivity contribution in [2.75, 3.05) is 7.05 Å². The third kappa shape index (κ3) is 3.65. The summed E-state index contributed by atoms with van der Waals surface area (Å²) in [4.78, 5) is 0. The van der Waals surface area contributed by atoms with Crippen LogP contribution in [-0.2, 0) is 6.42 Å². The average molecular weight is 405 g/mol. The zero-order chi connectivity index (χ0) is 14.7. The Kier molecular flexibility index (Phi) is 5.29. The highest BCUT2D eigenvalue weighted by molar-refractivity contribution is 9.10. The van der Waals surface area contributed by atoms with E-state index >= 15 is 0 Å². The minimum Gasteiger partial charge on any atom is -0.313 e. The Labute approximate surface area is 133 Å². The van der Waals surface area contributed by atoms with E-state index in [1.165, 1.54) is 24.3 Å². The largest absolute Gasteiger partial charge is 0.313 e. The van der Waals surface area contributed by atoms with Crippen LogP contribution in [0.15, 0.2) is 45.3 Å². The molecule has 0 saturated carbocycles. The van der Waals surface area contributed by atoms with E-state index in [-0.39, 0.29) is 17.7 Å².